The van der Waals surface area contributed by atoms with E-state index in [4.69, 9.17) is 0 Å². The molecular formula is C28H28N4O. The number of nitrogens with zero attached hydrogens (tertiary/aromatic N) is 3. The van der Waals surface area contributed by atoms with Crippen molar-refractivity contribution in [3.63, 3.8) is 0 Å². The van der Waals surface area contributed by atoms with Crippen molar-refractivity contribution in [2.24, 2.45) is 0 Å². The number of hydrogen-bond acceptors (Lipinski definition) is 3. The summed E-state index contributed by atoms with van der Waals surface area (Å²) in [5, 5.41) is 11.0. The average molecular weight is 437 g/mol. The molecule has 1 amide bonds. The van der Waals surface area contributed by atoms with Gasteiger partial charge in [-0.25, -0.2) is 4.68 Å². The standard InChI is InChI=1S/C28H28N4O/c1-3-7-22-10-12-24(13-11-22)25-14-16-26(17-15-25)27(20-32-19-18-29-31-32)28(33)30-21(2)23-8-5-4-6-9-23/h4-6,8-21H,3,7H2,1-2H3,(H,30,33)/t21-/m1/s1. The summed E-state index contributed by atoms with van der Waals surface area (Å²) >= 11 is 0. The fraction of sp³-hybridized carbons (Fsp3) is 0.179. The minimum absolute atomic E-state index is 0.126. The Bertz CT molecular complexity index is 1200. The van der Waals surface area contributed by atoms with Crippen molar-refractivity contribution in [2.75, 3.05) is 0 Å². The van der Waals surface area contributed by atoms with Crippen molar-refractivity contribution in [2.45, 2.75) is 32.7 Å². The Hall–Kier alpha value is -3.99. The first-order chi connectivity index (χ1) is 16.1. The van der Waals surface area contributed by atoms with E-state index in [-0.39, 0.29) is 11.9 Å². The summed E-state index contributed by atoms with van der Waals surface area (Å²) in [7, 11) is 0. The molecule has 0 saturated carbocycles. The predicted molar refractivity (Wildman–Crippen MR) is 133 cm³/mol. The first-order valence-electron chi connectivity index (χ1n) is 11.3. The van der Waals surface area contributed by atoms with Crippen LogP contribution < -0.4 is 5.32 Å². The lowest BCUT2D eigenvalue weighted by Gasteiger charge is -2.16. The number of carbonyl (C=O) groups is 1. The summed E-state index contributed by atoms with van der Waals surface area (Å²) in [6.45, 7) is 4.17. The maximum absolute atomic E-state index is 13.3. The van der Waals surface area contributed by atoms with Gasteiger partial charge >= 0.3 is 0 Å². The Morgan fingerprint density at radius 1 is 0.970 bits per heavy atom. The van der Waals surface area contributed by atoms with E-state index in [1.807, 2.05) is 61.5 Å². The molecule has 5 nitrogen and oxygen atoms in total. The number of hydrogen-bond donors (Lipinski definition) is 1. The Labute approximate surface area is 194 Å². The number of nitrogens with one attached hydrogen (secondary N) is 1. The zero-order chi connectivity index (χ0) is 23.0. The summed E-state index contributed by atoms with van der Waals surface area (Å²) in [5.74, 6) is -0.168. The second-order valence-electron chi connectivity index (χ2n) is 8.06. The van der Waals surface area contributed by atoms with Crippen molar-refractivity contribution in [1.29, 1.82) is 0 Å². The number of rotatable bonds is 8. The summed E-state index contributed by atoms with van der Waals surface area (Å²) in [4.78, 5) is 13.3. The fourth-order valence-electron chi connectivity index (χ4n) is 3.78. The minimum atomic E-state index is -0.168. The topological polar surface area (TPSA) is 59.8 Å². The third kappa shape index (κ3) is 5.63. The van der Waals surface area contributed by atoms with Crippen molar-refractivity contribution in [3.05, 3.63) is 108 Å². The van der Waals surface area contributed by atoms with E-state index in [1.54, 1.807) is 23.3 Å². The molecule has 0 aliphatic heterocycles. The van der Waals surface area contributed by atoms with Gasteiger partial charge in [-0.15, -0.1) is 5.10 Å². The van der Waals surface area contributed by atoms with E-state index in [2.05, 4.69) is 46.8 Å². The van der Waals surface area contributed by atoms with Gasteiger partial charge in [-0.2, -0.15) is 0 Å². The molecule has 1 N–H and O–H groups in total. The molecule has 0 unspecified atom stereocenters. The van der Waals surface area contributed by atoms with Gasteiger partial charge in [0.25, 0.3) is 5.91 Å². The van der Waals surface area contributed by atoms with Crippen molar-refractivity contribution >= 4 is 17.7 Å². The molecule has 0 saturated heterocycles. The summed E-state index contributed by atoms with van der Waals surface area (Å²) < 4.78 is 1.54. The summed E-state index contributed by atoms with van der Waals surface area (Å²) in [6, 6.07) is 26.5. The highest BCUT2D eigenvalue weighted by Gasteiger charge is 2.16. The third-order valence-corrected chi connectivity index (χ3v) is 5.62. The Morgan fingerprint density at radius 2 is 1.64 bits per heavy atom. The van der Waals surface area contributed by atoms with E-state index in [1.165, 1.54) is 5.56 Å². The molecule has 5 heteroatoms. The molecule has 0 aliphatic carbocycles. The second kappa shape index (κ2) is 10.6. The van der Waals surface area contributed by atoms with Crippen LogP contribution in [-0.2, 0) is 11.2 Å². The Morgan fingerprint density at radius 3 is 2.24 bits per heavy atom. The molecule has 1 heterocycles. The molecule has 0 radical (unpaired) electrons. The van der Waals surface area contributed by atoms with Gasteiger partial charge in [0.05, 0.1) is 24.0 Å². The van der Waals surface area contributed by atoms with Crippen molar-refractivity contribution < 1.29 is 4.79 Å². The zero-order valence-corrected chi connectivity index (χ0v) is 19.0. The molecule has 4 aromatic rings. The van der Waals surface area contributed by atoms with E-state index in [9.17, 15) is 4.79 Å². The average Bonchev–Trinajstić information content (AvgIpc) is 3.37. The molecule has 1 atom stereocenters. The second-order valence-corrected chi connectivity index (χ2v) is 8.06. The van der Waals surface area contributed by atoms with Crippen LogP contribution in [0.15, 0.2) is 91.3 Å². The molecule has 1 aromatic heterocycles. The SMILES string of the molecule is CCCc1ccc(-c2ccc(C(=Cn3ccnn3)C(=O)N[C@H](C)c3ccccc3)cc2)cc1. The highest BCUT2D eigenvalue weighted by atomic mass is 16.1. The van der Waals surface area contributed by atoms with Crippen LogP contribution >= 0.6 is 0 Å². The molecule has 0 fully saturated rings. The van der Waals surface area contributed by atoms with Gasteiger partial charge in [0.2, 0.25) is 0 Å². The first-order valence-corrected chi connectivity index (χ1v) is 11.3. The first kappa shape index (κ1) is 22.2. The quantitative estimate of drug-likeness (QED) is 0.357. The summed E-state index contributed by atoms with van der Waals surface area (Å²) in [5.41, 5.74) is 6.00. The van der Waals surface area contributed by atoms with E-state index in [0.29, 0.717) is 5.57 Å². The van der Waals surface area contributed by atoms with Gasteiger partial charge in [-0.1, -0.05) is 97.4 Å². The predicted octanol–water partition coefficient (Wildman–Crippen LogP) is 5.77. The number of aryl methyl sites for hydroxylation is 1. The van der Waals surface area contributed by atoms with Gasteiger partial charge in [0.15, 0.2) is 0 Å². The molecule has 33 heavy (non-hydrogen) atoms. The zero-order valence-electron chi connectivity index (χ0n) is 19.0. The van der Waals surface area contributed by atoms with Gasteiger partial charge in [0.1, 0.15) is 0 Å². The fourth-order valence-corrected chi connectivity index (χ4v) is 3.78. The molecule has 3 aromatic carbocycles. The summed E-state index contributed by atoms with van der Waals surface area (Å²) in [6.07, 6.45) is 7.23. The highest BCUT2D eigenvalue weighted by molar-refractivity contribution is 6.23. The van der Waals surface area contributed by atoms with Crippen LogP contribution in [0, 0.1) is 0 Å². The molecule has 0 bridgehead atoms. The Balaban J connectivity index is 1.59. The van der Waals surface area contributed by atoms with E-state index >= 15 is 0 Å². The molecular weight excluding hydrogens is 408 g/mol. The van der Waals surface area contributed by atoms with Crippen LogP contribution in [0.1, 0.15) is 43.0 Å². The lowest BCUT2D eigenvalue weighted by molar-refractivity contribution is -0.116. The number of benzene rings is 3. The van der Waals surface area contributed by atoms with Crippen molar-refractivity contribution in [1.82, 2.24) is 20.3 Å². The van der Waals surface area contributed by atoms with E-state index < -0.39 is 0 Å². The van der Waals surface area contributed by atoms with Gasteiger partial charge in [-0.05, 0) is 41.2 Å². The lowest BCUT2D eigenvalue weighted by atomic mass is 9.98. The van der Waals surface area contributed by atoms with Gasteiger partial charge in [-0.3, -0.25) is 4.79 Å². The normalized spacial score (nSPS) is 12.4. The maximum Gasteiger partial charge on any atom is 0.253 e. The third-order valence-electron chi connectivity index (χ3n) is 5.62. The lowest BCUT2D eigenvalue weighted by Crippen LogP contribution is -2.27. The highest BCUT2D eigenvalue weighted by Crippen LogP contribution is 2.25. The van der Waals surface area contributed by atoms with Crippen LogP contribution in [-0.4, -0.2) is 20.9 Å². The number of carbonyl (C=O) groups excluding carboxylic acids is 1. The van der Waals surface area contributed by atoms with Crippen LogP contribution in [0.3, 0.4) is 0 Å². The van der Waals surface area contributed by atoms with Gasteiger partial charge in [0, 0.05) is 6.20 Å². The van der Waals surface area contributed by atoms with Crippen LogP contribution in [0.4, 0.5) is 0 Å². The Kier molecular flexibility index (Phi) is 7.10. The maximum atomic E-state index is 13.3. The number of amides is 1. The number of aromatic nitrogens is 3. The molecule has 4 rings (SSSR count). The van der Waals surface area contributed by atoms with Crippen LogP contribution in [0.25, 0.3) is 22.9 Å². The smallest absolute Gasteiger partial charge is 0.253 e. The molecule has 0 spiro atoms. The minimum Gasteiger partial charge on any atom is -0.345 e. The molecule has 166 valence electrons. The largest absolute Gasteiger partial charge is 0.345 e. The molecule has 0 aliphatic rings. The monoisotopic (exact) mass is 436 g/mol. The van der Waals surface area contributed by atoms with E-state index in [0.717, 1.165) is 35.1 Å². The van der Waals surface area contributed by atoms with Gasteiger partial charge < -0.3 is 5.32 Å². The van der Waals surface area contributed by atoms with Crippen LogP contribution in [0.2, 0.25) is 0 Å². The van der Waals surface area contributed by atoms with Crippen molar-refractivity contribution in [3.8, 4) is 11.1 Å². The van der Waals surface area contributed by atoms with Crippen LogP contribution in [0.5, 0.6) is 0 Å².